The lowest BCUT2D eigenvalue weighted by Gasteiger charge is -2.25. The van der Waals surface area contributed by atoms with E-state index < -0.39 is 23.8 Å². The quantitative estimate of drug-likeness (QED) is 0.608. The van der Waals surface area contributed by atoms with Crippen LogP contribution in [-0.4, -0.2) is 85.6 Å². The van der Waals surface area contributed by atoms with Gasteiger partial charge in [0.15, 0.2) is 11.6 Å². The summed E-state index contributed by atoms with van der Waals surface area (Å²) in [5, 5.41) is 4.83. The van der Waals surface area contributed by atoms with E-state index in [1.165, 1.54) is 11.9 Å². The van der Waals surface area contributed by atoms with Crippen molar-refractivity contribution in [2.75, 3.05) is 61.4 Å². The lowest BCUT2D eigenvalue weighted by Crippen LogP contribution is -2.44. The number of benzene rings is 1. The number of carbonyl (C=O) groups is 3. The minimum Gasteiger partial charge on any atom is -0.442 e. The van der Waals surface area contributed by atoms with Crippen molar-refractivity contribution in [3.63, 3.8) is 0 Å². The molecular formula is C21H26F2N6O4S. The number of thioether (sulfide) groups is 1. The van der Waals surface area contributed by atoms with E-state index in [9.17, 15) is 14.4 Å². The van der Waals surface area contributed by atoms with Gasteiger partial charge < -0.3 is 15.0 Å². The molecule has 0 saturated carbocycles. The predicted octanol–water partition coefficient (Wildman–Crippen LogP) is 1.11. The molecule has 3 heterocycles. The Kier molecular flexibility index (Phi) is 7.51. The molecule has 3 aliphatic rings. The first kappa shape index (κ1) is 24.2. The minimum atomic E-state index is -0.815. The number of ether oxygens (including phenoxy) is 1. The van der Waals surface area contributed by atoms with E-state index in [1.54, 1.807) is 16.7 Å². The van der Waals surface area contributed by atoms with Crippen LogP contribution in [0.3, 0.4) is 0 Å². The molecule has 1 aromatic carbocycles. The van der Waals surface area contributed by atoms with Crippen LogP contribution in [0.25, 0.3) is 0 Å². The van der Waals surface area contributed by atoms with Crippen molar-refractivity contribution in [2.45, 2.75) is 19.4 Å². The Labute approximate surface area is 199 Å². The number of hydrazine groups is 1. The fourth-order valence-corrected chi connectivity index (χ4v) is 4.81. The van der Waals surface area contributed by atoms with Gasteiger partial charge in [-0.3, -0.25) is 24.5 Å². The summed E-state index contributed by atoms with van der Waals surface area (Å²) in [4.78, 5) is 42.8. The molecule has 0 aliphatic carbocycles. The predicted molar refractivity (Wildman–Crippen MR) is 124 cm³/mol. The molecular weight excluding hydrogens is 470 g/mol. The summed E-state index contributed by atoms with van der Waals surface area (Å²) in [5.74, 6) is -1.15. The number of cyclic esters (lactones) is 1. The zero-order chi connectivity index (χ0) is 24.2. The summed E-state index contributed by atoms with van der Waals surface area (Å²) in [7, 11) is 0. The standard InChI is InChI=1S/C21H26F2N6O4S/c1-13(30)25-11-15-12-28(21(32)33-15)14-8-16(22)20(17(23)9-14)27-4-2-26-29(6-5-27)19(31)10-18-24-3-7-34-18/h8-9,15,26H,2-7,10-12H2,1H3,(H,25,30)/t15-/m0/s1. The van der Waals surface area contributed by atoms with Gasteiger partial charge in [-0.05, 0) is 0 Å². The normalized spacial score (nSPS) is 20.8. The number of rotatable bonds is 6. The van der Waals surface area contributed by atoms with Gasteiger partial charge in [0.05, 0.1) is 36.8 Å². The molecule has 4 rings (SSSR count). The van der Waals surface area contributed by atoms with E-state index in [1.807, 2.05) is 0 Å². The molecule has 184 valence electrons. The highest BCUT2D eigenvalue weighted by molar-refractivity contribution is 8.14. The smallest absolute Gasteiger partial charge is 0.414 e. The molecule has 10 nitrogen and oxygen atoms in total. The van der Waals surface area contributed by atoms with Crippen molar-refractivity contribution in [1.29, 1.82) is 0 Å². The Bertz CT molecular complexity index is 986. The average molecular weight is 497 g/mol. The summed E-state index contributed by atoms with van der Waals surface area (Å²) in [6.45, 7) is 3.33. The van der Waals surface area contributed by atoms with Gasteiger partial charge in [-0.15, -0.1) is 11.8 Å². The second-order valence-corrected chi connectivity index (χ2v) is 9.22. The van der Waals surface area contributed by atoms with Gasteiger partial charge in [-0.2, -0.15) is 0 Å². The van der Waals surface area contributed by atoms with Crippen LogP contribution < -0.4 is 20.5 Å². The lowest BCUT2D eigenvalue weighted by molar-refractivity contribution is -0.132. The van der Waals surface area contributed by atoms with Crippen molar-refractivity contribution < 1.29 is 27.9 Å². The molecule has 2 saturated heterocycles. The summed E-state index contributed by atoms with van der Waals surface area (Å²) in [5.41, 5.74) is 2.84. The van der Waals surface area contributed by atoms with E-state index in [0.717, 1.165) is 27.8 Å². The number of halogens is 2. The summed E-state index contributed by atoms with van der Waals surface area (Å²) < 4.78 is 35.3. The van der Waals surface area contributed by atoms with Crippen molar-refractivity contribution in [3.8, 4) is 0 Å². The fraction of sp³-hybridized carbons (Fsp3) is 0.524. The van der Waals surface area contributed by atoms with E-state index in [-0.39, 0.29) is 62.3 Å². The summed E-state index contributed by atoms with van der Waals surface area (Å²) in [6, 6.07) is 2.19. The van der Waals surface area contributed by atoms with Crippen LogP contribution in [-0.2, 0) is 14.3 Å². The average Bonchev–Trinajstić information content (AvgIpc) is 3.35. The largest absolute Gasteiger partial charge is 0.442 e. The lowest BCUT2D eigenvalue weighted by atomic mass is 10.2. The van der Waals surface area contributed by atoms with Gasteiger partial charge in [-0.1, -0.05) is 0 Å². The Balaban J connectivity index is 1.41. The molecule has 1 aromatic rings. The van der Waals surface area contributed by atoms with Crippen molar-refractivity contribution in [1.82, 2.24) is 15.8 Å². The number of anilines is 2. The zero-order valence-electron chi connectivity index (χ0n) is 18.7. The Hall–Kier alpha value is -2.93. The van der Waals surface area contributed by atoms with Gasteiger partial charge >= 0.3 is 6.09 Å². The third-order valence-corrected chi connectivity index (χ3v) is 6.61. The third kappa shape index (κ3) is 5.58. The summed E-state index contributed by atoms with van der Waals surface area (Å²) >= 11 is 1.57. The molecule has 0 spiro atoms. The Morgan fingerprint density at radius 2 is 2.03 bits per heavy atom. The second-order valence-electron chi connectivity index (χ2n) is 8.05. The molecule has 0 radical (unpaired) electrons. The molecule has 0 aromatic heterocycles. The van der Waals surface area contributed by atoms with Crippen LogP contribution in [0.1, 0.15) is 13.3 Å². The van der Waals surface area contributed by atoms with Crippen molar-refractivity contribution in [3.05, 3.63) is 23.8 Å². The third-order valence-electron chi connectivity index (χ3n) is 5.61. The van der Waals surface area contributed by atoms with Gasteiger partial charge in [0, 0.05) is 51.0 Å². The maximum atomic E-state index is 15.0. The monoisotopic (exact) mass is 496 g/mol. The number of hydrogen-bond acceptors (Lipinski definition) is 8. The first-order chi connectivity index (χ1) is 16.3. The highest BCUT2D eigenvalue weighted by Gasteiger charge is 2.34. The maximum Gasteiger partial charge on any atom is 0.414 e. The van der Waals surface area contributed by atoms with E-state index >= 15 is 8.78 Å². The number of carbonyl (C=O) groups excluding carboxylic acids is 3. The van der Waals surface area contributed by atoms with Crippen LogP contribution in [0.15, 0.2) is 17.1 Å². The van der Waals surface area contributed by atoms with Gasteiger partial charge in [-0.25, -0.2) is 19.0 Å². The van der Waals surface area contributed by atoms with E-state index in [2.05, 4.69) is 15.7 Å². The van der Waals surface area contributed by atoms with Crippen LogP contribution in [0.5, 0.6) is 0 Å². The van der Waals surface area contributed by atoms with Crippen LogP contribution in [0.2, 0.25) is 0 Å². The summed E-state index contributed by atoms with van der Waals surface area (Å²) in [6.07, 6.45) is -1.14. The molecule has 0 bridgehead atoms. The number of nitrogens with zero attached hydrogens (tertiary/aromatic N) is 4. The van der Waals surface area contributed by atoms with Gasteiger partial charge in [0.25, 0.3) is 0 Å². The molecule has 2 N–H and O–H groups in total. The van der Waals surface area contributed by atoms with Crippen LogP contribution in [0.4, 0.5) is 25.0 Å². The number of nitrogens with one attached hydrogen (secondary N) is 2. The molecule has 1 atom stereocenters. The first-order valence-corrected chi connectivity index (χ1v) is 12.0. The fourth-order valence-electron chi connectivity index (χ4n) is 3.99. The topological polar surface area (TPSA) is 107 Å². The Morgan fingerprint density at radius 3 is 2.71 bits per heavy atom. The zero-order valence-corrected chi connectivity index (χ0v) is 19.5. The van der Waals surface area contributed by atoms with E-state index in [4.69, 9.17) is 4.74 Å². The number of hydrogen-bond donors (Lipinski definition) is 2. The van der Waals surface area contributed by atoms with Gasteiger partial charge in [0.1, 0.15) is 11.8 Å². The molecule has 13 heteroatoms. The molecule has 34 heavy (non-hydrogen) atoms. The van der Waals surface area contributed by atoms with Gasteiger partial charge in [0.2, 0.25) is 11.8 Å². The molecule has 0 unspecified atom stereocenters. The van der Waals surface area contributed by atoms with Crippen LogP contribution >= 0.6 is 11.8 Å². The maximum absolute atomic E-state index is 15.0. The molecule has 3 aliphatic heterocycles. The van der Waals surface area contributed by atoms with Crippen LogP contribution in [0, 0.1) is 11.6 Å². The molecule has 2 fully saturated rings. The number of aliphatic imine (C=N–C) groups is 1. The number of amides is 3. The molecule has 3 amide bonds. The van der Waals surface area contributed by atoms with Crippen molar-refractivity contribution in [2.24, 2.45) is 4.99 Å². The Morgan fingerprint density at radius 1 is 1.26 bits per heavy atom. The highest BCUT2D eigenvalue weighted by atomic mass is 32.2. The van der Waals surface area contributed by atoms with Crippen molar-refractivity contribution >= 4 is 46.1 Å². The second kappa shape index (κ2) is 10.6. The highest BCUT2D eigenvalue weighted by Crippen LogP contribution is 2.31. The SMILES string of the molecule is CC(=O)NC[C@H]1CN(c2cc(F)c(N3CCNN(C(=O)CC4=NCCS4)CC3)c(F)c2)C(=O)O1. The van der Waals surface area contributed by atoms with E-state index in [0.29, 0.717) is 13.1 Å². The minimum absolute atomic E-state index is 0.0358. The first-order valence-electron chi connectivity index (χ1n) is 11.0.